The molecule has 0 saturated carbocycles. The molecule has 0 unspecified atom stereocenters. The smallest absolute Gasteiger partial charge is 0.323 e. The van der Waals surface area contributed by atoms with Gasteiger partial charge in [-0.15, -0.1) is 0 Å². The van der Waals surface area contributed by atoms with Gasteiger partial charge in [-0.2, -0.15) is 5.26 Å². The average Bonchev–Trinajstić information content (AvgIpc) is 2.16. The van der Waals surface area contributed by atoms with E-state index >= 15 is 0 Å². The first kappa shape index (κ1) is 13.4. The molecule has 0 saturated heterocycles. The number of carboxylic acid groups (broad SMARTS) is 1. The van der Waals surface area contributed by atoms with E-state index in [1.807, 2.05) is 0 Å². The fraction of sp³-hybridized carbons (Fsp3) is 0.700. The summed E-state index contributed by atoms with van der Waals surface area (Å²) in [6.45, 7) is 3.36. The van der Waals surface area contributed by atoms with Crippen LogP contribution >= 0.6 is 0 Å². The van der Waals surface area contributed by atoms with E-state index in [0.29, 0.717) is 25.8 Å². The molecule has 5 heteroatoms. The molecule has 0 heterocycles. The Balaban J connectivity index is 3.80. The van der Waals surface area contributed by atoms with Gasteiger partial charge in [-0.3, -0.25) is 9.59 Å². The second-order valence-corrected chi connectivity index (χ2v) is 3.69. The maximum Gasteiger partial charge on any atom is 0.323 e. The van der Waals surface area contributed by atoms with Gasteiger partial charge in [0.15, 0.2) is 5.41 Å². The molecular weight excluding hydrogens is 196 g/mol. The van der Waals surface area contributed by atoms with Crippen molar-refractivity contribution in [2.75, 3.05) is 6.54 Å². The maximum absolute atomic E-state index is 10.7. The van der Waals surface area contributed by atoms with Crippen LogP contribution in [0.5, 0.6) is 0 Å². The first-order valence-electron chi connectivity index (χ1n) is 4.81. The lowest BCUT2D eigenvalue weighted by Gasteiger charge is -2.15. The molecule has 0 fully saturated rings. The summed E-state index contributed by atoms with van der Waals surface area (Å²) in [6, 6.07) is 1.79. The molecule has 0 aliphatic heterocycles. The number of carbonyl (C=O) groups is 2. The largest absolute Gasteiger partial charge is 0.480 e. The van der Waals surface area contributed by atoms with Crippen LogP contribution in [-0.2, 0) is 9.59 Å². The van der Waals surface area contributed by atoms with E-state index < -0.39 is 11.4 Å². The Morgan fingerprint density at radius 1 is 1.47 bits per heavy atom. The van der Waals surface area contributed by atoms with E-state index in [2.05, 4.69) is 5.32 Å². The van der Waals surface area contributed by atoms with Crippen molar-refractivity contribution in [1.82, 2.24) is 5.32 Å². The van der Waals surface area contributed by atoms with Crippen LogP contribution in [0.2, 0.25) is 0 Å². The molecule has 2 N–H and O–H groups in total. The van der Waals surface area contributed by atoms with E-state index in [4.69, 9.17) is 10.4 Å². The molecule has 0 aromatic heterocycles. The summed E-state index contributed by atoms with van der Waals surface area (Å²) in [5, 5.41) is 20.1. The lowest BCUT2D eigenvalue weighted by molar-refractivity contribution is -0.145. The van der Waals surface area contributed by atoms with Gasteiger partial charge >= 0.3 is 5.97 Å². The summed E-state index contributed by atoms with van der Waals surface area (Å²) < 4.78 is 0. The van der Waals surface area contributed by atoms with Crippen LogP contribution in [0.15, 0.2) is 0 Å². The molecule has 5 nitrogen and oxygen atoms in total. The molecule has 0 aromatic rings. The summed E-state index contributed by atoms with van der Waals surface area (Å²) >= 11 is 0. The number of hydrogen-bond acceptors (Lipinski definition) is 3. The molecule has 15 heavy (non-hydrogen) atoms. The van der Waals surface area contributed by atoms with Gasteiger partial charge in [-0.25, -0.2) is 0 Å². The van der Waals surface area contributed by atoms with Crippen molar-refractivity contribution in [1.29, 1.82) is 5.26 Å². The Bertz CT molecular complexity index is 283. The van der Waals surface area contributed by atoms with Crippen LogP contribution in [-0.4, -0.2) is 23.5 Å². The van der Waals surface area contributed by atoms with Gasteiger partial charge in [-0.05, 0) is 26.2 Å². The molecule has 0 aliphatic rings. The number of aliphatic carboxylic acids is 1. The molecular formula is C10H16N2O3. The second kappa shape index (κ2) is 6.02. The number of rotatable bonds is 6. The van der Waals surface area contributed by atoms with E-state index in [1.54, 1.807) is 6.07 Å². The first-order chi connectivity index (χ1) is 6.92. The third-order valence-corrected chi connectivity index (χ3v) is 2.20. The van der Waals surface area contributed by atoms with Crippen molar-refractivity contribution in [3.63, 3.8) is 0 Å². The summed E-state index contributed by atoms with van der Waals surface area (Å²) in [5.74, 6) is -1.19. The zero-order valence-electron chi connectivity index (χ0n) is 9.04. The zero-order valence-corrected chi connectivity index (χ0v) is 9.04. The van der Waals surface area contributed by atoms with Gasteiger partial charge in [0.1, 0.15) is 0 Å². The molecule has 0 bridgehead atoms. The van der Waals surface area contributed by atoms with Crippen molar-refractivity contribution in [2.45, 2.75) is 33.1 Å². The quantitative estimate of drug-likeness (QED) is 0.640. The first-order valence-corrected chi connectivity index (χ1v) is 4.81. The van der Waals surface area contributed by atoms with E-state index in [9.17, 15) is 9.59 Å². The molecule has 0 spiro atoms. The van der Waals surface area contributed by atoms with Crippen LogP contribution in [0.3, 0.4) is 0 Å². The number of hydrogen-bond donors (Lipinski definition) is 2. The molecule has 84 valence electrons. The predicted molar refractivity (Wildman–Crippen MR) is 53.9 cm³/mol. The number of nitriles is 1. The normalized spacial score (nSPS) is 13.7. The van der Waals surface area contributed by atoms with Gasteiger partial charge < -0.3 is 10.4 Å². The number of nitrogens with one attached hydrogen (secondary N) is 1. The highest BCUT2D eigenvalue weighted by molar-refractivity contribution is 5.77. The lowest BCUT2D eigenvalue weighted by atomic mass is 9.87. The van der Waals surface area contributed by atoms with E-state index in [1.165, 1.54) is 13.8 Å². The molecule has 0 radical (unpaired) electrons. The Kier molecular flexibility index (Phi) is 5.39. The summed E-state index contributed by atoms with van der Waals surface area (Å²) in [7, 11) is 0. The highest BCUT2D eigenvalue weighted by Crippen LogP contribution is 2.22. The topological polar surface area (TPSA) is 90.2 Å². The minimum Gasteiger partial charge on any atom is -0.480 e. The number of carboxylic acids is 1. The SMILES string of the molecule is CC(=O)NCCCC[C@](C)(C#N)C(=O)O. The lowest BCUT2D eigenvalue weighted by Crippen LogP contribution is -2.26. The van der Waals surface area contributed by atoms with Crippen LogP contribution in [0.1, 0.15) is 33.1 Å². The standard InChI is InChI=1S/C10H16N2O3/c1-8(13)12-6-4-3-5-10(2,7-11)9(14)15/h3-6H2,1-2H3,(H,12,13)(H,14,15)/t10-/m1/s1. The molecule has 1 amide bonds. The molecule has 0 rings (SSSR count). The Hall–Kier alpha value is -1.57. The Labute approximate surface area is 89.1 Å². The summed E-state index contributed by atoms with van der Waals surface area (Å²) in [6.07, 6.45) is 1.60. The van der Waals surface area contributed by atoms with Crippen LogP contribution < -0.4 is 5.32 Å². The van der Waals surface area contributed by atoms with E-state index in [-0.39, 0.29) is 5.91 Å². The monoisotopic (exact) mass is 212 g/mol. The van der Waals surface area contributed by atoms with Gasteiger partial charge in [0.05, 0.1) is 6.07 Å². The highest BCUT2D eigenvalue weighted by Gasteiger charge is 2.32. The van der Waals surface area contributed by atoms with Gasteiger partial charge in [0, 0.05) is 13.5 Å². The third-order valence-electron chi connectivity index (χ3n) is 2.20. The minimum atomic E-state index is -1.31. The average molecular weight is 212 g/mol. The fourth-order valence-electron chi connectivity index (χ4n) is 1.08. The summed E-state index contributed by atoms with van der Waals surface area (Å²) in [5.41, 5.74) is -1.31. The highest BCUT2D eigenvalue weighted by atomic mass is 16.4. The summed E-state index contributed by atoms with van der Waals surface area (Å²) in [4.78, 5) is 21.2. The van der Waals surface area contributed by atoms with Crippen molar-refractivity contribution >= 4 is 11.9 Å². The molecule has 1 atom stereocenters. The number of nitrogens with zero attached hydrogens (tertiary/aromatic N) is 1. The Morgan fingerprint density at radius 2 is 2.07 bits per heavy atom. The van der Waals surface area contributed by atoms with Gasteiger partial charge in [0.25, 0.3) is 0 Å². The van der Waals surface area contributed by atoms with Crippen molar-refractivity contribution in [3.05, 3.63) is 0 Å². The number of unbranched alkanes of at least 4 members (excludes halogenated alkanes) is 1. The van der Waals surface area contributed by atoms with Gasteiger partial charge in [0.2, 0.25) is 5.91 Å². The minimum absolute atomic E-state index is 0.101. The maximum atomic E-state index is 10.7. The molecule has 0 aliphatic carbocycles. The van der Waals surface area contributed by atoms with Crippen LogP contribution in [0.25, 0.3) is 0 Å². The third kappa shape index (κ3) is 5.01. The number of carbonyl (C=O) groups excluding carboxylic acids is 1. The molecule has 0 aromatic carbocycles. The van der Waals surface area contributed by atoms with Crippen LogP contribution in [0.4, 0.5) is 0 Å². The second-order valence-electron chi connectivity index (χ2n) is 3.69. The fourth-order valence-corrected chi connectivity index (χ4v) is 1.08. The zero-order chi connectivity index (χ0) is 11.9. The van der Waals surface area contributed by atoms with Gasteiger partial charge in [-0.1, -0.05) is 0 Å². The van der Waals surface area contributed by atoms with E-state index in [0.717, 1.165) is 0 Å². The number of amides is 1. The van der Waals surface area contributed by atoms with Crippen LogP contribution in [0, 0.1) is 16.7 Å². The van der Waals surface area contributed by atoms with Crippen molar-refractivity contribution < 1.29 is 14.7 Å². The van der Waals surface area contributed by atoms with Crippen molar-refractivity contribution in [3.8, 4) is 6.07 Å². The van der Waals surface area contributed by atoms with Crippen molar-refractivity contribution in [2.24, 2.45) is 5.41 Å². The Morgan fingerprint density at radius 3 is 2.47 bits per heavy atom. The predicted octanol–water partition coefficient (Wildman–Crippen LogP) is 0.907.